The molecule has 0 aliphatic heterocycles. The van der Waals surface area contributed by atoms with Crippen LogP contribution in [0.1, 0.15) is 15.9 Å². The number of H-pyrrole nitrogens is 1. The Morgan fingerprint density at radius 1 is 0.864 bits per heavy atom. The second kappa shape index (κ2) is 14.8. The van der Waals surface area contributed by atoms with Crippen molar-refractivity contribution in [3.63, 3.8) is 0 Å². The van der Waals surface area contributed by atoms with Crippen molar-refractivity contribution < 1.29 is 65.7 Å². The first-order chi connectivity index (χ1) is 20.8. The summed E-state index contributed by atoms with van der Waals surface area (Å²) in [7, 11) is -1.23. The third-order valence-corrected chi connectivity index (χ3v) is 10.9. The van der Waals surface area contributed by atoms with E-state index in [9.17, 15) is 18.0 Å². The van der Waals surface area contributed by atoms with Crippen molar-refractivity contribution in [2.24, 2.45) is 0 Å². The monoisotopic (exact) mass is 789 g/mol. The fraction of sp³-hybridized carbons (Fsp3) is 0.125. The molecule has 0 aliphatic rings. The number of methoxy groups -OCH3 is 2. The van der Waals surface area contributed by atoms with Gasteiger partial charge in [0.15, 0.2) is 7.14 Å². The summed E-state index contributed by atoms with van der Waals surface area (Å²) in [6.07, 6.45) is 1.85. The first-order valence-corrected chi connectivity index (χ1v) is 16.9. The number of nitrogens with one attached hydrogen (secondary N) is 3. The van der Waals surface area contributed by atoms with Crippen molar-refractivity contribution >= 4 is 38.5 Å². The molecule has 4 aromatic carbocycles. The summed E-state index contributed by atoms with van der Waals surface area (Å²) in [4.78, 5) is 28.4. The summed E-state index contributed by atoms with van der Waals surface area (Å²) in [5.74, 6) is -0.198. The smallest absolute Gasteiger partial charge is 0.357 e. The number of ether oxygens (including phenoxy) is 2. The van der Waals surface area contributed by atoms with E-state index in [2.05, 4.69) is 15.0 Å². The van der Waals surface area contributed by atoms with Crippen LogP contribution in [-0.2, 0) is 26.0 Å². The van der Waals surface area contributed by atoms with Crippen molar-refractivity contribution in [2.45, 2.75) is 17.4 Å². The number of hydrogen-bond donors (Lipinski definition) is 3. The Kier molecular flexibility index (Phi) is 11.2. The molecule has 0 saturated heterocycles. The van der Waals surface area contributed by atoms with E-state index in [1.54, 1.807) is 25.4 Å². The molecular formula is C32H29BrIN3O6S. The van der Waals surface area contributed by atoms with Crippen molar-refractivity contribution in [1.29, 1.82) is 0 Å². The SMILES string of the molecule is COC(=O)[C@@H](Cc1c[nH]c2ccccc12)NS(=O)(=O)c1ccc(NC(=O)c2ccc([I+]c3ccc(OC)cc3)cc2)cc1.[Br-]. The summed E-state index contributed by atoms with van der Waals surface area (Å²) >= 11 is -0.400. The molecule has 0 radical (unpaired) electrons. The number of aromatic nitrogens is 1. The number of sulfonamides is 1. The van der Waals surface area contributed by atoms with Gasteiger partial charge >= 0.3 is 27.2 Å². The van der Waals surface area contributed by atoms with Gasteiger partial charge < -0.3 is 36.8 Å². The molecule has 1 amide bonds. The predicted molar refractivity (Wildman–Crippen MR) is 159 cm³/mol. The van der Waals surface area contributed by atoms with Gasteiger partial charge in [0.2, 0.25) is 10.0 Å². The number of benzene rings is 4. The Morgan fingerprint density at radius 2 is 1.50 bits per heavy atom. The van der Waals surface area contributed by atoms with Gasteiger partial charge in [-0.15, -0.1) is 0 Å². The Balaban J connectivity index is 0.00000442. The van der Waals surface area contributed by atoms with Gasteiger partial charge in [-0.1, -0.05) is 18.2 Å². The Morgan fingerprint density at radius 3 is 2.14 bits per heavy atom. The number of anilines is 1. The van der Waals surface area contributed by atoms with Crippen LogP contribution in [0.3, 0.4) is 0 Å². The standard InChI is InChI=1S/C32H28IN3O6S.BrH/c1-41-26-15-11-24(12-16-26)33-23-9-7-21(8-10-23)31(37)35-25-13-17-27(18-14-25)43(39,40)36-30(32(38)42-2)19-22-20-34-29-6-4-3-5-28(22)29;/h3-18,20,30,34,36H,19H2,1-2H3;1H/t30-;/m1./s1. The van der Waals surface area contributed by atoms with E-state index in [1.165, 1.54) is 34.9 Å². The minimum atomic E-state index is -4.08. The summed E-state index contributed by atoms with van der Waals surface area (Å²) in [5, 5.41) is 3.69. The highest BCUT2D eigenvalue weighted by atomic mass is 127. The number of carbonyl (C=O) groups excluding carboxylic acids is 2. The number of carbonyl (C=O) groups is 2. The molecule has 5 aromatic rings. The molecule has 1 aromatic heterocycles. The van der Waals surface area contributed by atoms with Gasteiger partial charge in [0, 0.05) is 34.8 Å². The van der Waals surface area contributed by atoms with E-state index in [0.29, 0.717) is 11.3 Å². The van der Waals surface area contributed by atoms with Crippen LogP contribution in [0.5, 0.6) is 5.75 Å². The zero-order valence-electron chi connectivity index (χ0n) is 23.7. The number of rotatable bonds is 11. The molecular weight excluding hydrogens is 761 g/mol. The molecule has 9 nitrogen and oxygen atoms in total. The lowest BCUT2D eigenvalue weighted by molar-refractivity contribution is -0.597. The molecule has 3 N–H and O–H groups in total. The Hall–Kier alpha value is -3.72. The lowest BCUT2D eigenvalue weighted by Crippen LogP contribution is -3.61. The third kappa shape index (κ3) is 8.05. The second-order valence-electron chi connectivity index (χ2n) is 9.50. The average molecular weight is 790 g/mol. The zero-order chi connectivity index (χ0) is 30.4. The van der Waals surface area contributed by atoms with Gasteiger partial charge in [-0.05, 0) is 84.4 Å². The van der Waals surface area contributed by atoms with Gasteiger partial charge in [0.05, 0.1) is 19.1 Å². The van der Waals surface area contributed by atoms with Crippen molar-refractivity contribution in [1.82, 2.24) is 9.71 Å². The largest absolute Gasteiger partial charge is 1.00 e. The Bertz CT molecular complexity index is 1840. The molecule has 0 saturated carbocycles. The number of aromatic amines is 1. The van der Waals surface area contributed by atoms with E-state index in [-0.39, 0.29) is 34.2 Å². The van der Waals surface area contributed by atoms with Crippen LogP contribution >= 0.6 is 0 Å². The Labute approximate surface area is 276 Å². The van der Waals surface area contributed by atoms with Crippen molar-refractivity contribution in [2.75, 3.05) is 19.5 Å². The highest BCUT2D eigenvalue weighted by molar-refractivity contribution is 7.89. The molecule has 228 valence electrons. The second-order valence-corrected chi connectivity index (χ2v) is 14.2. The molecule has 1 heterocycles. The molecule has 0 bridgehead atoms. The lowest BCUT2D eigenvalue weighted by Gasteiger charge is -2.17. The van der Waals surface area contributed by atoms with E-state index in [0.717, 1.165) is 25.8 Å². The summed E-state index contributed by atoms with van der Waals surface area (Å²) in [6.45, 7) is 0. The molecule has 0 unspecified atom stereocenters. The maximum Gasteiger partial charge on any atom is 0.357 e. The maximum atomic E-state index is 13.2. The minimum Gasteiger partial charge on any atom is -1.00 e. The van der Waals surface area contributed by atoms with Crippen LogP contribution in [-0.4, -0.2) is 45.5 Å². The van der Waals surface area contributed by atoms with Crippen LogP contribution in [0.4, 0.5) is 5.69 Å². The quantitative estimate of drug-likeness (QED) is 0.112. The minimum absolute atomic E-state index is 0. The summed E-state index contributed by atoms with van der Waals surface area (Å²) in [5.41, 5.74) is 2.58. The van der Waals surface area contributed by atoms with E-state index in [1.807, 2.05) is 60.7 Å². The molecule has 44 heavy (non-hydrogen) atoms. The third-order valence-electron chi connectivity index (χ3n) is 6.68. The van der Waals surface area contributed by atoms with Gasteiger partial charge in [0.25, 0.3) is 5.91 Å². The van der Waals surface area contributed by atoms with E-state index < -0.39 is 43.2 Å². The number of hydrogen-bond acceptors (Lipinski definition) is 6. The highest BCUT2D eigenvalue weighted by Crippen LogP contribution is 2.21. The predicted octanol–water partition coefficient (Wildman–Crippen LogP) is -1.38. The molecule has 0 aliphatic carbocycles. The van der Waals surface area contributed by atoms with Gasteiger partial charge in [-0.2, -0.15) is 4.72 Å². The fourth-order valence-electron chi connectivity index (χ4n) is 4.44. The van der Waals surface area contributed by atoms with E-state index in [4.69, 9.17) is 9.47 Å². The number of esters is 1. The van der Waals surface area contributed by atoms with Crippen LogP contribution in [0.15, 0.2) is 108 Å². The molecule has 5 rings (SSSR count). The highest BCUT2D eigenvalue weighted by Gasteiger charge is 2.28. The molecule has 0 fully saturated rings. The molecule has 12 heteroatoms. The summed E-state index contributed by atoms with van der Waals surface area (Å²) in [6, 6.07) is 27.6. The van der Waals surface area contributed by atoms with E-state index >= 15 is 0 Å². The van der Waals surface area contributed by atoms with Gasteiger partial charge in [0.1, 0.15) is 11.8 Å². The number of fused-ring (bicyclic) bond motifs is 1. The molecule has 1 atom stereocenters. The lowest BCUT2D eigenvalue weighted by atomic mass is 10.1. The normalized spacial score (nSPS) is 11.8. The van der Waals surface area contributed by atoms with Crippen molar-refractivity contribution in [3.05, 3.63) is 122 Å². The van der Waals surface area contributed by atoms with Crippen LogP contribution in [0.2, 0.25) is 0 Å². The first kappa shape index (κ1) is 33.2. The van der Waals surface area contributed by atoms with Crippen LogP contribution in [0, 0.1) is 7.14 Å². The number of halogens is 2. The fourth-order valence-corrected chi connectivity index (χ4v) is 7.78. The van der Waals surface area contributed by atoms with Crippen molar-refractivity contribution in [3.8, 4) is 5.75 Å². The maximum absolute atomic E-state index is 13.2. The number of para-hydroxylation sites is 1. The molecule has 0 spiro atoms. The van der Waals surface area contributed by atoms with Gasteiger partial charge in [-0.25, -0.2) is 8.42 Å². The van der Waals surface area contributed by atoms with Gasteiger partial charge in [-0.3, -0.25) is 9.59 Å². The summed E-state index contributed by atoms with van der Waals surface area (Å²) < 4.78 is 41.3. The first-order valence-electron chi connectivity index (χ1n) is 13.2. The van der Waals surface area contributed by atoms with Crippen LogP contribution in [0.25, 0.3) is 10.9 Å². The average Bonchev–Trinajstić information content (AvgIpc) is 3.44. The van der Waals surface area contributed by atoms with Crippen LogP contribution < -0.4 is 53.0 Å². The zero-order valence-corrected chi connectivity index (χ0v) is 28.3. The number of amides is 1. The topological polar surface area (TPSA) is 127 Å².